The summed E-state index contributed by atoms with van der Waals surface area (Å²) < 4.78 is 0. The lowest BCUT2D eigenvalue weighted by atomic mass is 9.87. The highest BCUT2D eigenvalue weighted by Crippen LogP contribution is 2.14. The van der Waals surface area contributed by atoms with E-state index in [1.807, 2.05) is 13.8 Å². The van der Waals surface area contributed by atoms with Crippen LogP contribution < -0.4 is 10.8 Å². The average molecular weight is 163 g/mol. The number of carboxylic acid groups (broad SMARTS) is 1. The smallest absolute Gasteiger partial charge is 0.117 e. The summed E-state index contributed by atoms with van der Waals surface area (Å²) >= 11 is 0. The number of aliphatic hydroxyl groups is 1. The van der Waals surface area contributed by atoms with Gasteiger partial charge in [-0.2, -0.15) is 0 Å². The SMILES string of the molecule is CC(C)([NH3+])C(C)(C)O.O=C[O-]. The van der Waals surface area contributed by atoms with Gasteiger partial charge < -0.3 is 20.7 Å². The van der Waals surface area contributed by atoms with Crippen LogP contribution in [0, 0.1) is 0 Å². The van der Waals surface area contributed by atoms with Gasteiger partial charge in [0.15, 0.2) is 0 Å². The largest absolute Gasteiger partial charge is 0.554 e. The summed E-state index contributed by atoms with van der Waals surface area (Å²) in [5, 5.41) is 17.5. The first-order valence-corrected chi connectivity index (χ1v) is 3.30. The Morgan fingerprint density at radius 3 is 1.45 bits per heavy atom. The first kappa shape index (κ1) is 13.0. The predicted molar refractivity (Wildman–Crippen MR) is 39.3 cm³/mol. The fraction of sp³-hybridized carbons (Fsp3) is 0.857. The molecule has 68 valence electrons. The minimum absolute atomic E-state index is 0.257. The van der Waals surface area contributed by atoms with Crippen molar-refractivity contribution >= 4 is 6.47 Å². The maximum absolute atomic E-state index is 9.29. The quantitative estimate of drug-likeness (QED) is 0.444. The van der Waals surface area contributed by atoms with Crippen molar-refractivity contribution in [1.29, 1.82) is 0 Å². The van der Waals surface area contributed by atoms with Crippen LogP contribution in [0.5, 0.6) is 0 Å². The molecule has 0 unspecified atom stereocenters. The molecule has 4 heteroatoms. The first-order valence-electron chi connectivity index (χ1n) is 3.30. The molecule has 0 spiro atoms. The summed E-state index contributed by atoms with van der Waals surface area (Å²) in [6.07, 6.45) is 0. The van der Waals surface area contributed by atoms with Crippen LogP contribution in [0.1, 0.15) is 27.7 Å². The Labute approximate surface area is 67.0 Å². The molecule has 11 heavy (non-hydrogen) atoms. The monoisotopic (exact) mass is 163 g/mol. The second-order valence-corrected chi connectivity index (χ2v) is 3.54. The molecule has 4 nitrogen and oxygen atoms in total. The molecule has 0 fully saturated rings. The Kier molecular flexibility index (Phi) is 5.09. The third-order valence-corrected chi connectivity index (χ3v) is 1.66. The van der Waals surface area contributed by atoms with Crippen LogP contribution in [0.3, 0.4) is 0 Å². The Balaban J connectivity index is 0. The molecule has 0 aliphatic carbocycles. The lowest BCUT2D eigenvalue weighted by Gasteiger charge is -2.29. The molecule has 4 N–H and O–H groups in total. The van der Waals surface area contributed by atoms with E-state index in [1.165, 1.54) is 0 Å². The fourth-order valence-electron chi connectivity index (χ4n) is 0. The van der Waals surface area contributed by atoms with Gasteiger partial charge in [0.25, 0.3) is 0 Å². The van der Waals surface area contributed by atoms with Crippen molar-refractivity contribution < 1.29 is 20.7 Å². The van der Waals surface area contributed by atoms with Gasteiger partial charge in [-0.15, -0.1) is 0 Å². The molecule has 0 aromatic carbocycles. The molecule has 0 aliphatic heterocycles. The van der Waals surface area contributed by atoms with Gasteiger partial charge >= 0.3 is 0 Å². The highest BCUT2D eigenvalue weighted by Gasteiger charge is 2.34. The highest BCUT2D eigenvalue weighted by atomic mass is 16.3. The summed E-state index contributed by atoms with van der Waals surface area (Å²) in [5.74, 6) is 0. The van der Waals surface area contributed by atoms with Gasteiger partial charge in [-0.3, -0.25) is 0 Å². The minimum atomic E-state index is -0.674. The molecule has 0 atom stereocenters. The van der Waals surface area contributed by atoms with Crippen molar-refractivity contribution in [3.8, 4) is 0 Å². The van der Waals surface area contributed by atoms with Crippen LogP contribution in [0.4, 0.5) is 0 Å². The van der Waals surface area contributed by atoms with Crippen molar-refractivity contribution in [3.05, 3.63) is 0 Å². The number of rotatable bonds is 1. The summed E-state index contributed by atoms with van der Waals surface area (Å²) in [6.45, 7) is 6.85. The lowest BCUT2D eigenvalue weighted by molar-refractivity contribution is -0.497. The first-order chi connectivity index (χ1) is 4.66. The van der Waals surface area contributed by atoms with Crippen molar-refractivity contribution in [3.63, 3.8) is 0 Å². The molecule has 0 aromatic rings. The average Bonchev–Trinajstić information content (AvgIpc) is 1.60. The van der Waals surface area contributed by atoms with Crippen molar-refractivity contribution in [1.82, 2.24) is 0 Å². The van der Waals surface area contributed by atoms with E-state index in [-0.39, 0.29) is 5.54 Å². The zero-order valence-electron chi connectivity index (χ0n) is 7.55. The van der Waals surface area contributed by atoms with Crippen molar-refractivity contribution in [2.24, 2.45) is 0 Å². The maximum Gasteiger partial charge on any atom is 0.117 e. The summed E-state index contributed by atoms with van der Waals surface area (Å²) in [5.41, 5.74) is 2.86. The molecule has 0 radical (unpaired) electrons. The molecule has 0 aromatic heterocycles. The van der Waals surface area contributed by atoms with Gasteiger partial charge in [0.2, 0.25) is 0 Å². The molecule has 0 rings (SSSR count). The van der Waals surface area contributed by atoms with E-state index >= 15 is 0 Å². The van der Waals surface area contributed by atoms with Gasteiger partial charge in [0, 0.05) is 6.47 Å². The van der Waals surface area contributed by atoms with E-state index in [2.05, 4.69) is 5.73 Å². The molecular weight excluding hydrogens is 146 g/mol. The number of carbonyl (C=O) groups is 1. The Morgan fingerprint density at radius 1 is 1.36 bits per heavy atom. The molecule has 0 aliphatic rings. The van der Waals surface area contributed by atoms with E-state index in [1.54, 1.807) is 13.8 Å². The molecule has 0 saturated heterocycles. The molecular formula is C7H17NO3. The van der Waals surface area contributed by atoms with Gasteiger partial charge in [0.05, 0.1) is 0 Å². The third-order valence-electron chi connectivity index (χ3n) is 1.66. The second-order valence-electron chi connectivity index (χ2n) is 3.54. The van der Waals surface area contributed by atoms with Crippen LogP contribution in [-0.4, -0.2) is 22.7 Å². The van der Waals surface area contributed by atoms with Crippen LogP contribution >= 0.6 is 0 Å². The standard InChI is InChI=1S/C6H15NO.CH2O2/c1-5(2,7)6(3,4)8;2-1-3/h8H,7H2,1-4H3;1H,(H,2,3). The van der Waals surface area contributed by atoms with Crippen LogP contribution in [0.2, 0.25) is 0 Å². The van der Waals surface area contributed by atoms with Crippen molar-refractivity contribution in [2.45, 2.75) is 38.8 Å². The van der Waals surface area contributed by atoms with Crippen LogP contribution in [0.15, 0.2) is 0 Å². The Morgan fingerprint density at radius 2 is 1.45 bits per heavy atom. The summed E-state index contributed by atoms with van der Waals surface area (Å²) in [7, 11) is 0. The zero-order valence-corrected chi connectivity index (χ0v) is 7.55. The van der Waals surface area contributed by atoms with E-state index in [9.17, 15) is 5.11 Å². The lowest BCUT2D eigenvalue weighted by Crippen LogP contribution is -2.77. The Hall–Kier alpha value is -0.610. The molecule has 0 heterocycles. The number of quaternary nitrogens is 1. The number of carbonyl (C=O) groups excluding carboxylic acids is 1. The number of hydrogen-bond acceptors (Lipinski definition) is 3. The van der Waals surface area contributed by atoms with E-state index < -0.39 is 12.1 Å². The topological polar surface area (TPSA) is 88.0 Å². The Bertz CT molecular complexity index is 97.8. The third kappa shape index (κ3) is 7.29. The van der Waals surface area contributed by atoms with E-state index in [4.69, 9.17) is 9.90 Å². The van der Waals surface area contributed by atoms with E-state index in [0.717, 1.165) is 0 Å². The zero-order chi connectivity index (χ0) is 9.71. The molecule has 0 amide bonds. The summed E-state index contributed by atoms with van der Waals surface area (Å²) in [4.78, 5) is 8.25. The van der Waals surface area contributed by atoms with Gasteiger partial charge in [0.1, 0.15) is 11.1 Å². The van der Waals surface area contributed by atoms with Crippen LogP contribution in [0.25, 0.3) is 0 Å². The van der Waals surface area contributed by atoms with Gasteiger partial charge in [-0.05, 0) is 27.7 Å². The van der Waals surface area contributed by atoms with E-state index in [0.29, 0.717) is 0 Å². The maximum atomic E-state index is 9.29. The molecule has 0 bridgehead atoms. The summed E-state index contributed by atoms with van der Waals surface area (Å²) in [6, 6.07) is 0. The van der Waals surface area contributed by atoms with Gasteiger partial charge in [-0.25, -0.2) is 0 Å². The van der Waals surface area contributed by atoms with Crippen molar-refractivity contribution in [2.75, 3.05) is 0 Å². The second kappa shape index (κ2) is 4.31. The highest BCUT2D eigenvalue weighted by molar-refractivity contribution is 5.29. The van der Waals surface area contributed by atoms with Gasteiger partial charge in [-0.1, -0.05) is 0 Å². The molecule has 0 saturated carbocycles. The fourth-order valence-corrected chi connectivity index (χ4v) is 0. The normalized spacial score (nSPS) is 11.5. The minimum Gasteiger partial charge on any atom is -0.554 e. The van der Waals surface area contributed by atoms with Crippen LogP contribution in [-0.2, 0) is 4.79 Å². The predicted octanol–water partition coefficient (Wildman–Crippen LogP) is -1.86. The number of hydrogen-bond donors (Lipinski definition) is 2.